The molecule has 2 unspecified atom stereocenters. The molecule has 0 aromatic carbocycles. The average Bonchev–Trinajstić information content (AvgIpc) is 2.05. The smallest absolute Gasteiger partial charge is 0.221 e. The number of primary amides is 1. The summed E-state index contributed by atoms with van der Waals surface area (Å²) in [6.07, 6.45) is 0.738. The van der Waals surface area contributed by atoms with E-state index in [1.165, 1.54) is 6.92 Å². The summed E-state index contributed by atoms with van der Waals surface area (Å²) < 4.78 is 0. The van der Waals surface area contributed by atoms with E-state index < -0.39 is 17.7 Å². The molecule has 0 rings (SSSR count). The van der Waals surface area contributed by atoms with E-state index >= 15 is 0 Å². The molecule has 0 aliphatic carbocycles. The van der Waals surface area contributed by atoms with Gasteiger partial charge < -0.3 is 10.5 Å². The van der Waals surface area contributed by atoms with Crippen molar-refractivity contribution in [2.45, 2.75) is 20.3 Å². The molecule has 4 heteroatoms. The summed E-state index contributed by atoms with van der Waals surface area (Å²) in [7, 11) is 0. The Labute approximate surface area is 71.1 Å². The Bertz CT molecular complexity index is 200. The van der Waals surface area contributed by atoms with E-state index in [2.05, 4.69) is 0 Å². The Balaban J connectivity index is 4.44. The third kappa shape index (κ3) is 2.45. The molecule has 4 nitrogen and oxygen atoms in total. The van der Waals surface area contributed by atoms with Crippen LogP contribution in [0.3, 0.4) is 0 Å². The van der Waals surface area contributed by atoms with Crippen molar-refractivity contribution in [3.05, 3.63) is 0 Å². The first-order valence-corrected chi connectivity index (χ1v) is 3.81. The molecular weight excluding hydrogens is 158 g/mol. The first-order chi connectivity index (χ1) is 5.54. The van der Waals surface area contributed by atoms with Gasteiger partial charge in [-0.3, -0.25) is 9.59 Å². The molecule has 12 heavy (non-hydrogen) atoms. The zero-order chi connectivity index (χ0) is 9.72. The predicted molar refractivity (Wildman–Crippen MR) is 43.2 cm³/mol. The maximum Gasteiger partial charge on any atom is 0.221 e. The van der Waals surface area contributed by atoms with Gasteiger partial charge in [0.1, 0.15) is 12.1 Å². The van der Waals surface area contributed by atoms with Crippen LogP contribution in [0, 0.1) is 11.8 Å². The number of carbonyl (C=O) groups is 3. The molecule has 2 N–H and O–H groups in total. The van der Waals surface area contributed by atoms with Gasteiger partial charge >= 0.3 is 0 Å². The highest BCUT2D eigenvalue weighted by Crippen LogP contribution is 2.11. The summed E-state index contributed by atoms with van der Waals surface area (Å²) in [4.78, 5) is 32.1. The lowest BCUT2D eigenvalue weighted by atomic mass is 9.90. The van der Waals surface area contributed by atoms with Crippen LogP contribution in [0.2, 0.25) is 0 Å². The molecule has 0 saturated heterocycles. The van der Waals surface area contributed by atoms with E-state index in [0.29, 0.717) is 6.29 Å². The molecule has 1 amide bonds. The fourth-order valence-electron chi connectivity index (χ4n) is 0.885. The van der Waals surface area contributed by atoms with Crippen molar-refractivity contribution in [3.63, 3.8) is 0 Å². The van der Waals surface area contributed by atoms with Gasteiger partial charge in [-0.1, -0.05) is 13.8 Å². The second kappa shape index (κ2) is 4.64. The largest absolute Gasteiger partial charge is 0.369 e. The minimum absolute atomic E-state index is 0.240. The van der Waals surface area contributed by atoms with Crippen molar-refractivity contribution in [2.75, 3.05) is 0 Å². The van der Waals surface area contributed by atoms with Crippen molar-refractivity contribution in [1.29, 1.82) is 0 Å². The topological polar surface area (TPSA) is 77.2 Å². The second-order valence-electron chi connectivity index (χ2n) is 2.67. The summed E-state index contributed by atoms with van der Waals surface area (Å²) in [6.45, 7) is 3.13. The van der Waals surface area contributed by atoms with Gasteiger partial charge in [0.25, 0.3) is 0 Å². The SMILES string of the molecule is CCC(=O)C(C=O)C(C)C(N)=O. The lowest BCUT2D eigenvalue weighted by molar-refractivity contribution is -0.135. The van der Waals surface area contributed by atoms with Crippen molar-refractivity contribution < 1.29 is 14.4 Å². The number of carbonyl (C=O) groups excluding carboxylic acids is 3. The summed E-state index contributed by atoms with van der Waals surface area (Å²) in [5.74, 6) is -2.42. The van der Waals surface area contributed by atoms with Gasteiger partial charge in [-0.15, -0.1) is 0 Å². The highest BCUT2D eigenvalue weighted by molar-refractivity contribution is 5.97. The van der Waals surface area contributed by atoms with Gasteiger partial charge in [0, 0.05) is 6.42 Å². The molecular formula is C8H13NO3. The molecule has 0 fully saturated rings. The highest BCUT2D eigenvalue weighted by atomic mass is 16.2. The van der Waals surface area contributed by atoms with E-state index in [0.717, 1.165) is 0 Å². The van der Waals surface area contributed by atoms with Gasteiger partial charge in [0.05, 0.1) is 11.8 Å². The van der Waals surface area contributed by atoms with Gasteiger partial charge in [-0.25, -0.2) is 0 Å². The molecule has 0 saturated carbocycles. The number of amides is 1. The maximum atomic E-state index is 11.0. The lowest BCUT2D eigenvalue weighted by Gasteiger charge is -2.12. The number of Topliss-reactive ketones (excluding diaryl/α,β-unsaturated/α-hetero) is 1. The van der Waals surface area contributed by atoms with Crippen molar-refractivity contribution in [3.8, 4) is 0 Å². The number of ketones is 1. The van der Waals surface area contributed by atoms with E-state index in [4.69, 9.17) is 5.73 Å². The third-order valence-electron chi connectivity index (χ3n) is 1.85. The van der Waals surface area contributed by atoms with Crippen LogP contribution < -0.4 is 5.73 Å². The molecule has 0 aliphatic rings. The molecule has 0 bridgehead atoms. The van der Waals surface area contributed by atoms with Crippen LogP contribution in [0.1, 0.15) is 20.3 Å². The molecule has 68 valence electrons. The van der Waals surface area contributed by atoms with E-state index in [1.807, 2.05) is 0 Å². The Morgan fingerprint density at radius 2 is 2.00 bits per heavy atom. The summed E-state index contributed by atoms with van der Waals surface area (Å²) in [6, 6.07) is 0. The van der Waals surface area contributed by atoms with Gasteiger partial charge in [-0.2, -0.15) is 0 Å². The predicted octanol–water partition coefficient (Wildman–Crippen LogP) is -0.0980. The van der Waals surface area contributed by atoms with Crippen LogP contribution in [-0.2, 0) is 14.4 Å². The Morgan fingerprint density at radius 3 is 2.25 bits per heavy atom. The lowest BCUT2D eigenvalue weighted by Crippen LogP contribution is -2.33. The van der Waals surface area contributed by atoms with E-state index in [9.17, 15) is 14.4 Å². The molecule has 0 radical (unpaired) electrons. The minimum atomic E-state index is -0.868. The molecule has 0 aliphatic heterocycles. The van der Waals surface area contributed by atoms with Crippen molar-refractivity contribution in [1.82, 2.24) is 0 Å². The van der Waals surface area contributed by atoms with E-state index in [1.54, 1.807) is 6.92 Å². The van der Waals surface area contributed by atoms with Crippen LogP contribution in [0.5, 0.6) is 0 Å². The van der Waals surface area contributed by atoms with Gasteiger partial charge in [0.2, 0.25) is 5.91 Å². The van der Waals surface area contributed by atoms with Gasteiger partial charge in [-0.05, 0) is 0 Å². The second-order valence-corrected chi connectivity index (χ2v) is 2.67. The Kier molecular flexibility index (Phi) is 4.18. The molecule has 2 atom stereocenters. The van der Waals surface area contributed by atoms with Crippen LogP contribution in [-0.4, -0.2) is 18.0 Å². The molecule has 0 spiro atoms. The minimum Gasteiger partial charge on any atom is -0.369 e. The molecule has 0 aromatic rings. The molecule has 0 aromatic heterocycles. The monoisotopic (exact) mass is 171 g/mol. The van der Waals surface area contributed by atoms with Crippen molar-refractivity contribution in [2.24, 2.45) is 17.6 Å². The number of aldehydes is 1. The van der Waals surface area contributed by atoms with E-state index in [-0.39, 0.29) is 12.2 Å². The zero-order valence-corrected chi connectivity index (χ0v) is 7.24. The molecule has 0 heterocycles. The van der Waals surface area contributed by atoms with Crippen LogP contribution in [0.4, 0.5) is 0 Å². The number of nitrogens with two attached hydrogens (primary N) is 1. The highest BCUT2D eigenvalue weighted by Gasteiger charge is 2.26. The van der Waals surface area contributed by atoms with Crippen molar-refractivity contribution >= 4 is 18.0 Å². The first kappa shape index (κ1) is 10.8. The number of hydrogen-bond acceptors (Lipinski definition) is 3. The standard InChI is InChI=1S/C8H13NO3/c1-3-7(11)6(4-10)5(2)8(9)12/h4-6H,3H2,1-2H3,(H2,9,12). The Morgan fingerprint density at radius 1 is 1.50 bits per heavy atom. The zero-order valence-electron chi connectivity index (χ0n) is 7.24. The number of rotatable bonds is 5. The van der Waals surface area contributed by atoms with Crippen LogP contribution in [0.25, 0.3) is 0 Å². The summed E-state index contributed by atoms with van der Waals surface area (Å²) in [5.41, 5.74) is 4.95. The summed E-state index contributed by atoms with van der Waals surface area (Å²) in [5, 5.41) is 0. The van der Waals surface area contributed by atoms with Gasteiger partial charge in [0.15, 0.2) is 0 Å². The third-order valence-corrected chi connectivity index (χ3v) is 1.85. The van der Waals surface area contributed by atoms with Crippen LogP contribution >= 0.6 is 0 Å². The Hall–Kier alpha value is -1.19. The maximum absolute atomic E-state index is 11.0. The quantitative estimate of drug-likeness (QED) is 0.463. The normalized spacial score (nSPS) is 14.8. The first-order valence-electron chi connectivity index (χ1n) is 3.81. The average molecular weight is 171 g/mol. The fraction of sp³-hybridized carbons (Fsp3) is 0.625. The number of hydrogen-bond donors (Lipinski definition) is 1. The fourth-order valence-corrected chi connectivity index (χ4v) is 0.885. The summed E-state index contributed by atoms with van der Waals surface area (Å²) >= 11 is 0. The van der Waals surface area contributed by atoms with Crippen LogP contribution in [0.15, 0.2) is 0 Å².